The number of nitrogens with one attached hydrogen (secondary N) is 2. The number of rotatable bonds is 5. The van der Waals surface area contributed by atoms with Crippen LogP contribution in [0, 0.1) is 0 Å². The summed E-state index contributed by atoms with van der Waals surface area (Å²) in [5.41, 5.74) is 2.85. The Hall–Kier alpha value is -2.80. The highest BCUT2D eigenvalue weighted by molar-refractivity contribution is 8.00. The number of imidazole rings is 1. The molecule has 7 heteroatoms. The van der Waals surface area contributed by atoms with E-state index in [2.05, 4.69) is 15.6 Å². The van der Waals surface area contributed by atoms with Crippen molar-refractivity contribution in [2.45, 2.75) is 23.9 Å². The smallest absolute Gasteiger partial charge is 0.321 e. The van der Waals surface area contributed by atoms with E-state index in [1.807, 2.05) is 66.2 Å². The third-order valence-corrected chi connectivity index (χ3v) is 5.07. The summed E-state index contributed by atoms with van der Waals surface area (Å²) in [6.45, 7) is 2.12. The average molecular weight is 368 g/mol. The van der Waals surface area contributed by atoms with Gasteiger partial charge in [0.25, 0.3) is 0 Å². The van der Waals surface area contributed by atoms with E-state index < -0.39 is 11.3 Å². The fraction of sp³-hybridized carbons (Fsp3) is 0.211. The summed E-state index contributed by atoms with van der Waals surface area (Å²) in [6, 6.07) is 16.8. The first kappa shape index (κ1) is 18.0. The highest BCUT2D eigenvalue weighted by Crippen LogP contribution is 2.26. The first-order valence-electron chi connectivity index (χ1n) is 8.25. The number of hydrogen-bond acceptors (Lipinski definition) is 4. The quantitative estimate of drug-likeness (QED) is 0.679. The molecule has 2 aromatic carbocycles. The molecule has 0 aliphatic heterocycles. The number of para-hydroxylation sites is 2. The Morgan fingerprint density at radius 3 is 2.54 bits per heavy atom. The molecular weight excluding hydrogens is 348 g/mol. The maximum Gasteiger partial charge on any atom is 0.321 e. The molecule has 3 aromatic rings. The standard InChI is InChI=1S/C19H20N4O2S/c1-13(26-19-21-15-10-6-7-11-16(15)23(19)2)17(24)22-18(25)20-12-14-8-4-3-5-9-14/h3-11,13H,12H2,1-2H3,(H2,20,22,24,25). The van der Waals surface area contributed by atoms with E-state index in [1.165, 1.54) is 11.8 Å². The molecule has 3 rings (SSSR count). The van der Waals surface area contributed by atoms with Gasteiger partial charge in [-0.2, -0.15) is 0 Å². The van der Waals surface area contributed by atoms with Crippen molar-refractivity contribution in [3.8, 4) is 0 Å². The van der Waals surface area contributed by atoms with E-state index in [9.17, 15) is 9.59 Å². The molecule has 0 aliphatic rings. The van der Waals surface area contributed by atoms with Crippen LogP contribution < -0.4 is 10.6 Å². The monoisotopic (exact) mass is 368 g/mol. The summed E-state index contributed by atoms with van der Waals surface area (Å²) < 4.78 is 1.94. The second kappa shape index (κ2) is 8.05. The maximum atomic E-state index is 12.3. The number of urea groups is 1. The second-order valence-corrected chi connectivity index (χ2v) is 7.17. The van der Waals surface area contributed by atoms with Gasteiger partial charge in [-0.1, -0.05) is 54.2 Å². The number of amides is 3. The number of benzene rings is 2. The largest absolute Gasteiger partial charge is 0.334 e. The van der Waals surface area contributed by atoms with Crippen molar-refractivity contribution < 1.29 is 9.59 Å². The lowest BCUT2D eigenvalue weighted by Crippen LogP contribution is -2.42. The molecule has 1 atom stereocenters. The molecule has 3 amide bonds. The van der Waals surface area contributed by atoms with Gasteiger partial charge in [0.05, 0.1) is 16.3 Å². The second-order valence-electron chi connectivity index (χ2n) is 5.86. The molecule has 134 valence electrons. The zero-order valence-corrected chi connectivity index (χ0v) is 15.4. The predicted octanol–water partition coefficient (Wildman–Crippen LogP) is 3.08. The molecule has 0 saturated carbocycles. The van der Waals surface area contributed by atoms with Crippen LogP contribution in [0.5, 0.6) is 0 Å². The third kappa shape index (κ3) is 4.23. The maximum absolute atomic E-state index is 12.3. The van der Waals surface area contributed by atoms with Crippen molar-refractivity contribution in [1.29, 1.82) is 0 Å². The number of carbonyl (C=O) groups excluding carboxylic acids is 2. The van der Waals surface area contributed by atoms with Crippen LogP contribution in [0.15, 0.2) is 59.8 Å². The van der Waals surface area contributed by atoms with Crippen molar-refractivity contribution in [1.82, 2.24) is 20.2 Å². The topological polar surface area (TPSA) is 76.0 Å². The van der Waals surface area contributed by atoms with Gasteiger partial charge in [-0.05, 0) is 24.6 Å². The number of fused-ring (bicyclic) bond motifs is 1. The molecule has 0 saturated heterocycles. The van der Waals surface area contributed by atoms with Crippen LogP contribution in [0.2, 0.25) is 0 Å². The van der Waals surface area contributed by atoms with Crippen molar-refractivity contribution in [3.63, 3.8) is 0 Å². The van der Waals surface area contributed by atoms with Crippen LogP contribution >= 0.6 is 11.8 Å². The number of hydrogen-bond donors (Lipinski definition) is 2. The number of aryl methyl sites for hydroxylation is 1. The highest BCUT2D eigenvalue weighted by Gasteiger charge is 2.20. The summed E-state index contributed by atoms with van der Waals surface area (Å²) >= 11 is 1.32. The molecule has 1 aromatic heterocycles. The van der Waals surface area contributed by atoms with E-state index in [0.717, 1.165) is 21.8 Å². The first-order valence-corrected chi connectivity index (χ1v) is 9.13. The van der Waals surface area contributed by atoms with Gasteiger partial charge in [0.1, 0.15) is 0 Å². The zero-order chi connectivity index (χ0) is 18.5. The lowest BCUT2D eigenvalue weighted by molar-refractivity contribution is -0.119. The molecule has 2 N–H and O–H groups in total. The fourth-order valence-electron chi connectivity index (χ4n) is 2.48. The summed E-state index contributed by atoms with van der Waals surface area (Å²) in [5.74, 6) is -0.354. The number of carbonyl (C=O) groups is 2. The molecule has 0 radical (unpaired) electrons. The van der Waals surface area contributed by atoms with Gasteiger partial charge in [0.2, 0.25) is 5.91 Å². The molecule has 1 unspecified atom stereocenters. The van der Waals surface area contributed by atoms with Gasteiger partial charge in [-0.3, -0.25) is 10.1 Å². The molecule has 26 heavy (non-hydrogen) atoms. The van der Waals surface area contributed by atoms with Gasteiger partial charge in [0.15, 0.2) is 5.16 Å². The van der Waals surface area contributed by atoms with E-state index in [-0.39, 0.29) is 5.91 Å². The lowest BCUT2D eigenvalue weighted by Gasteiger charge is -2.11. The predicted molar refractivity (Wildman–Crippen MR) is 103 cm³/mol. The van der Waals surface area contributed by atoms with Gasteiger partial charge < -0.3 is 9.88 Å². The molecule has 0 fully saturated rings. The lowest BCUT2D eigenvalue weighted by atomic mass is 10.2. The zero-order valence-electron chi connectivity index (χ0n) is 14.6. The third-order valence-electron chi connectivity index (χ3n) is 3.93. The molecule has 6 nitrogen and oxygen atoms in total. The van der Waals surface area contributed by atoms with Crippen LogP contribution in [0.4, 0.5) is 4.79 Å². The Kier molecular flexibility index (Phi) is 5.58. The summed E-state index contributed by atoms with van der Waals surface area (Å²) in [6.07, 6.45) is 0. The van der Waals surface area contributed by atoms with Crippen molar-refractivity contribution >= 4 is 34.7 Å². The first-order chi connectivity index (χ1) is 12.5. The molecule has 0 spiro atoms. The number of aromatic nitrogens is 2. The Bertz CT molecular complexity index is 924. The Balaban J connectivity index is 1.55. The number of thioether (sulfide) groups is 1. The van der Waals surface area contributed by atoms with E-state index >= 15 is 0 Å². The Morgan fingerprint density at radius 2 is 1.81 bits per heavy atom. The SMILES string of the molecule is CC(Sc1nc2ccccc2n1C)C(=O)NC(=O)NCc1ccccc1. The number of nitrogens with zero attached hydrogens (tertiary/aromatic N) is 2. The molecule has 0 bridgehead atoms. The van der Waals surface area contributed by atoms with Gasteiger partial charge in [0, 0.05) is 13.6 Å². The Morgan fingerprint density at radius 1 is 1.12 bits per heavy atom. The fourth-order valence-corrected chi connectivity index (χ4v) is 3.37. The molecular formula is C19H20N4O2S. The molecule has 1 heterocycles. The highest BCUT2D eigenvalue weighted by atomic mass is 32.2. The van der Waals surface area contributed by atoms with Crippen LogP contribution in [0.3, 0.4) is 0 Å². The number of imide groups is 1. The van der Waals surface area contributed by atoms with Gasteiger partial charge >= 0.3 is 6.03 Å². The van der Waals surface area contributed by atoms with E-state index in [4.69, 9.17) is 0 Å². The average Bonchev–Trinajstić information content (AvgIpc) is 2.97. The minimum atomic E-state index is -0.503. The van der Waals surface area contributed by atoms with Crippen molar-refractivity contribution in [2.75, 3.05) is 0 Å². The summed E-state index contributed by atoms with van der Waals surface area (Å²) in [4.78, 5) is 28.7. The Labute approximate surface area is 156 Å². The molecule has 0 aliphatic carbocycles. The normalized spacial score (nSPS) is 11.9. The van der Waals surface area contributed by atoms with Crippen molar-refractivity contribution in [2.24, 2.45) is 7.05 Å². The van der Waals surface area contributed by atoms with Crippen LogP contribution in [0.25, 0.3) is 11.0 Å². The van der Waals surface area contributed by atoms with Gasteiger partial charge in [-0.15, -0.1) is 0 Å². The van der Waals surface area contributed by atoms with Crippen LogP contribution in [-0.2, 0) is 18.4 Å². The minimum Gasteiger partial charge on any atom is -0.334 e. The van der Waals surface area contributed by atoms with E-state index in [0.29, 0.717) is 6.54 Å². The summed E-state index contributed by atoms with van der Waals surface area (Å²) in [5, 5.41) is 5.34. The minimum absolute atomic E-state index is 0.354. The van der Waals surface area contributed by atoms with Crippen molar-refractivity contribution in [3.05, 3.63) is 60.2 Å². The van der Waals surface area contributed by atoms with Crippen LogP contribution in [0.1, 0.15) is 12.5 Å². The van der Waals surface area contributed by atoms with E-state index in [1.54, 1.807) is 6.92 Å². The van der Waals surface area contributed by atoms with Crippen LogP contribution in [-0.4, -0.2) is 26.7 Å². The van der Waals surface area contributed by atoms with Gasteiger partial charge in [-0.25, -0.2) is 9.78 Å². The summed E-state index contributed by atoms with van der Waals surface area (Å²) in [7, 11) is 1.91.